The van der Waals surface area contributed by atoms with Gasteiger partial charge in [-0.15, -0.1) is 0 Å². The van der Waals surface area contributed by atoms with Gasteiger partial charge in [-0.1, -0.05) is 0 Å². The van der Waals surface area contributed by atoms with Crippen LogP contribution in [0.4, 0.5) is 0 Å². The molecule has 3 heterocycles. The molecule has 0 amide bonds. The zero-order valence-corrected chi connectivity index (χ0v) is 13.7. The van der Waals surface area contributed by atoms with Gasteiger partial charge in [0, 0.05) is 43.8 Å². The summed E-state index contributed by atoms with van der Waals surface area (Å²) in [5.74, 6) is 3.32. The van der Waals surface area contributed by atoms with Gasteiger partial charge in [0.25, 0.3) is 0 Å². The number of pyridine rings is 1. The molecule has 0 saturated carbocycles. The Morgan fingerprint density at radius 3 is 3.05 bits per heavy atom. The van der Waals surface area contributed by atoms with E-state index in [1.165, 1.54) is 17.9 Å². The Balaban J connectivity index is 1.85. The maximum Gasteiger partial charge on any atom is 0.199 e. The molecule has 3 rings (SSSR count). The molecular formula is C14H19N5S2. The Bertz CT molecular complexity index is 641. The topological polar surface area (TPSA) is 38.9 Å². The lowest BCUT2D eigenvalue weighted by molar-refractivity contribution is 0.221. The Labute approximate surface area is 134 Å². The number of nitrogens with zero attached hydrogens (tertiary/aromatic N) is 5. The van der Waals surface area contributed by atoms with Gasteiger partial charge in [-0.05, 0) is 36.5 Å². The third-order valence-corrected chi connectivity index (χ3v) is 5.14. The van der Waals surface area contributed by atoms with Crippen molar-refractivity contribution < 1.29 is 0 Å². The Morgan fingerprint density at radius 2 is 2.24 bits per heavy atom. The van der Waals surface area contributed by atoms with Crippen LogP contribution < -0.4 is 0 Å². The van der Waals surface area contributed by atoms with E-state index >= 15 is 0 Å². The summed E-state index contributed by atoms with van der Waals surface area (Å²) in [6, 6.07) is 3.93. The molecule has 0 N–H and O–H groups in total. The fourth-order valence-corrected chi connectivity index (χ4v) is 3.56. The van der Waals surface area contributed by atoms with Crippen LogP contribution in [-0.2, 0) is 13.7 Å². The highest BCUT2D eigenvalue weighted by atomic mass is 32.2. The second-order valence-electron chi connectivity index (χ2n) is 5.13. The molecule has 1 aliphatic rings. The fourth-order valence-electron chi connectivity index (χ4n) is 2.46. The van der Waals surface area contributed by atoms with Crippen LogP contribution >= 0.6 is 24.0 Å². The van der Waals surface area contributed by atoms with E-state index in [4.69, 9.17) is 17.3 Å². The van der Waals surface area contributed by atoms with Crippen LogP contribution in [0.2, 0.25) is 0 Å². The monoisotopic (exact) mass is 321 g/mol. The quantitative estimate of drug-likeness (QED) is 0.812. The van der Waals surface area contributed by atoms with Crippen LogP contribution in [0.5, 0.6) is 0 Å². The maximum absolute atomic E-state index is 5.53. The van der Waals surface area contributed by atoms with Gasteiger partial charge in [0.15, 0.2) is 10.6 Å². The van der Waals surface area contributed by atoms with E-state index in [0.717, 1.165) is 35.9 Å². The first-order valence-corrected chi connectivity index (χ1v) is 8.66. The number of aromatic nitrogens is 4. The summed E-state index contributed by atoms with van der Waals surface area (Å²) >= 11 is 7.56. The summed E-state index contributed by atoms with van der Waals surface area (Å²) in [6.07, 6.45) is 4.83. The summed E-state index contributed by atoms with van der Waals surface area (Å²) < 4.78 is 4.64. The largest absolute Gasteiger partial charge is 0.303 e. The lowest BCUT2D eigenvalue weighted by Gasteiger charge is -2.18. The highest BCUT2D eigenvalue weighted by molar-refractivity contribution is 7.99. The Hall–Kier alpha value is -1.18. The van der Waals surface area contributed by atoms with Crippen molar-refractivity contribution >= 4 is 24.0 Å². The van der Waals surface area contributed by atoms with Gasteiger partial charge in [-0.25, -0.2) is 4.68 Å². The molecule has 0 aliphatic carbocycles. The molecule has 0 aromatic carbocycles. The van der Waals surface area contributed by atoms with Crippen molar-refractivity contribution in [1.82, 2.24) is 24.2 Å². The predicted molar refractivity (Wildman–Crippen MR) is 88.8 cm³/mol. The van der Waals surface area contributed by atoms with Gasteiger partial charge in [0.1, 0.15) is 0 Å². The molecule has 7 heteroatoms. The Morgan fingerprint density at radius 1 is 1.33 bits per heavy atom. The van der Waals surface area contributed by atoms with E-state index < -0.39 is 0 Å². The average Bonchev–Trinajstić information content (AvgIpc) is 2.72. The summed E-state index contributed by atoms with van der Waals surface area (Å²) in [5, 5.41) is 4.69. The highest BCUT2D eigenvalue weighted by Crippen LogP contribution is 2.16. The van der Waals surface area contributed by atoms with Crippen molar-refractivity contribution in [3.05, 3.63) is 29.3 Å². The second-order valence-corrected chi connectivity index (χ2v) is 6.72. The van der Waals surface area contributed by atoms with Gasteiger partial charge < -0.3 is 4.57 Å². The van der Waals surface area contributed by atoms with E-state index in [-0.39, 0.29) is 0 Å². The number of thioether (sulfide) groups is 1. The standard InChI is InChI=1S/C14H19N5S2/c1-17-13(12-4-2-5-15-10-12)16-19(14(17)20)11-18-6-3-8-21-9-7-18/h2,4-5,10H,3,6-9,11H2,1H3. The average molecular weight is 321 g/mol. The van der Waals surface area contributed by atoms with Gasteiger partial charge >= 0.3 is 0 Å². The molecule has 2 aromatic heterocycles. The van der Waals surface area contributed by atoms with Crippen molar-refractivity contribution in [2.24, 2.45) is 7.05 Å². The van der Waals surface area contributed by atoms with Crippen LogP contribution in [0, 0.1) is 4.77 Å². The third-order valence-electron chi connectivity index (χ3n) is 3.61. The number of hydrogen-bond acceptors (Lipinski definition) is 5. The van der Waals surface area contributed by atoms with E-state index in [1.807, 2.05) is 46.4 Å². The van der Waals surface area contributed by atoms with Crippen molar-refractivity contribution in [1.29, 1.82) is 0 Å². The van der Waals surface area contributed by atoms with Gasteiger partial charge in [-0.2, -0.15) is 16.9 Å². The first kappa shape index (κ1) is 14.7. The first-order valence-electron chi connectivity index (χ1n) is 7.10. The minimum Gasteiger partial charge on any atom is -0.303 e. The number of rotatable bonds is 3. The Kier molecular flexibility index (Phi) is 4.72. The molecule has 0 radical (unpaired) electrons. The molecule has 21 heavy (non-hydrogen) atoms. The lowest BCUT2D eigenvalue weighted by atomic mass is 10.3. The van der Waals surface area contributed by atoms with E-state index in [9.17, 15) is 0 Å². The summed E-state index contributed by atoms with van der Waals surface area (Å²) in [4.78, 5) is 6.59. The molecule has 1 fully saturated rings. The molecule has 0 atom stereocenters. The van der Waals surface area contributed by atoms with E-state index in [0.29, 0.717) is 0 Å². The third kappa shape index (κ3) is 3.36. The molecular weight excluding hydrogens is 302 g/mol. The molecule has 112 valence electrons. The van der Waals surface area contributed by atoms with Crippen LogP contribution in [0.15, 0.2) is 24.5 Å². The molecule has 1 saturated heterocycles. The van der Waals surface area contributed by atoms with Gasteiger partial charge in [-0.3, -0.25) is 9.88 Å². The molecule has 0 bridgehead atoms. The highest BCUT2D eigenvalue weighted by Gasteiger charge is 2.14. The molecule has 1 aliphatic heterocycles. The van der Waals surface area contributed by atoms with Crippen molar-refractivity contribution in [3.63, 3.8) is 0 Å². The minimum atomic E-state index is 0.755. The summed E-state index contributed by atoms with van der Waals surface area (Å²) in [7, 11) is 1.96. The fraction of sp³-hybridized carbons (Fsp3) is 0.500. The smallest absolute Gasteiger partial charge is 0.199 e. The van der Waals surface area contributed by atoms with Crippen LogP contribution in [0.3, 0.4) is 0 Å². The number of hydrogen-bond donors (Lipinski definition) is 0. The van der Waals surface area contributed by atoms with Crippen LogP contribution in [0.25, 0.3) is 11.4 Å². The summed E-state index contributed by atoms with van der Waals surface area (Å²) in [5.41, 5.74) is 0.997. The van der Waals surface area contributed by atoms with Crippen molar-refractivity contribution in [3.8, 4) is 11.4 Å². The maximum atomic E-state index is 5.53. The zero-order chi connectivity index (χ0) is 14.7. The normalized spacial score (nSPS) is 16.8. The van der Waals surface area contributed by atoms with Gasteiger partial charge in [0.2, 0.25) is 0 Å². The zero-order valence-electron chi connectivity index (χ0n) is 12.1. The van der Waals surface area contributed by atoms with Gasteiger partial charge in [0.05, 0.1) is 6.67 Å². The van der Waals surface area contributed by atoms with Crippen LogP contribution in [-0.4, -0.2) is 48.8 Å². The molecule has 2 aromatic rings. The molecule has 0 spiro atoms. The van der Waals surface area contributed by atoms with Crippen molar-refractivity contribution in [2.75, 3.05) is 24.6 Å². The van der Waals surface area contributed by atoms with Crippen molar-refractivity contribution in [2.45, 2.75) is 13.1 Å². The van der Waals surface area contributed by atoms with E-state index in [2.05, 4.69) is 9.88 Å². The summed E-state index contributed by atoms with van der Waals surface area (Å²) in [6.45, 7) is 2.99. The second kappa shape index (κ2) is 6.72. The molecule has 0 unspecified atom stereocenters. The first-order chi connectivity index (χ1) is 10.3. The predicted octanol–water partition coefficient (Wildman–Crippen LogP) is 2.41. The van der Waals surface area contributed by atoms with E-state index in [1.54, 1.807) is 6.20 Å². The SMILES string of the molecule is Cn1c(-c2cccnc2)nn(CN2CCCSCC2)c1=S. The minimum absolute atomic E-state index is 0.755. The lowest BCUT2D eigenvalue weighted by Crippen LogP contribution is -2.29. The molecule has 5 nitrogen and oxygen atoms in total. The van der Waals surface area contributed by atoms with Crippen LogP contribution in [0.1, 0.15) is 6.42 Å².